The molecule has 1 aliphatic rings. The largest absolute Gasteiger partial charge is 0.378 e. The summed E-state index contributed by atoms with van der Waals surface area (Å²) in [5, 5.41) is 20.0. The molecule has 24 heavy (non-hydrogen) atoms. The number of fused-ring (bicyclic) bond motifs is 1. The van der Waals surface area contributed by atoms with Gasteiger partial charge in [0, 0.05) is 13.1 Å². The van der Waals surface area contributed by atoms with Crippen LogP contribution in [0.2, 0.25) is 5.28 Å². The Hall–Kier alpha value is -1.81. The molecule has 10 heteroatoms. The maximum absolute atomic E-state index is 9.98. The van der Waals surface area contributed by atoms with Gasteiger partial charge in [0.25, 0.3) is 0 Å². The third kappa shape index (κ3) is 3.20. The number of aliphatic hydroxyl groups is 2. The van der Waals surface area contributed by atoms with Gasteiger partial charge in [-0.05, 0) is 25.4 Å². The van der Waals surface area contributed by atoms with E-state index in [1.165, 1.54) is 25.1 Å². The lowest BCUT2D eigenvalue weighted by Crippen LogP contribution is -2.41. The van der Waals surface area contributed by atoms with Crippen molar-refractivity contribution >= 4 is 34.3 Å². The van der Waals surface area contributed by atoms with Gasteiger partial charge in [-0.15, -0.1) is 0 Å². The number of aliphatic hydroxyl groups excluding tert-OH is 2. The highest BCUT2D eigenvalue weighted by Gasteiger charge is 2.25. The molecule has 1 saturated heterocycles. The van der Waals surface area contributed by atoms with Crippen LogP contribution in [0, 0.1) is 0 Å². The molecular formula is C14H19ClN6O3. The van der Waals surface area contributed by atoms with Crippen LogP contribution >= 0.6 is 11.6 Å². The van der Waals surface area contributed by atoms with Crippen LogP contribution in [0.3, 0.4) is 0 Å². The molecule has 3 heterocycles. The van der Waals surface area contributed by atoms with Gasteiger partial charge in [-0.25, -0.2) is 15.0 Å². The van der Waals surface area contributed by atoms with Gasteiger partial charge in [0.2, 0.25) is 5.28 Å². The maximum Gasteiger partial charge on any atom is 0.225 e. The third-order valence-electron chi connectivity index (χ3n) is 3.78. The van der Waals surface area contributed by atoms with E-state index >= 15 is 0 Å². The Morgan fingerprint density at radius 3 is 2.42 bits per heavy atom. The Labute approximate surface area is 143 Å². The van der Waals surface area contributed by atoms with Gasteiger partial charge in [0.15, 0.2) is 11.6 Å². The summed E-state index contributed by atoms with van der Waals surface area (Å²) in [5.74, 6) is 0.886. The molecule has 0 aliphatic carbocycles. The van der Waals surface area contributed by atoms with Crippen molar-refractivity contribution in [1.29, 1.82) is 0 Å². The molecular weight excluding hydrogens is 336 g/mol. The minimum absolute atomic E-state index is 0.0520. The number of hydrogen-bond donors (Lipinski definition) is 2. The Morgan fingerprint density at radius 2 is 1.79 bits per heavy atom. The van der Waals surface area contributed by atoms with Crippen molar-refractivity contribution in [2.75, 3.05) is 36.1 Å². The standard InChI is InChI=1S/C14H19ClN6O3/c1-8(22)21(9(2)23)12-11-10(16-7-17-12)13(19-14(15)18-11)20-3-5-24-6-4-20/h7-9,22-23H,3-6H2,1-2H3. The van der Waals surface area contributed by atoms with E-state index < -0.39 is 12.5 Å². The summed E-state index contributed by atoms with van der Waals surface area (Å²) in [7, 11) is 0. The van der Waals surface area contributed by atoms with Crippen LogP contribution in [0.1, 0.15) is 13.8 Å². The van der Waals surface area contributed by atoms with Crippen LogP contribution in [0.25, 0.3) is 11.0 Å². The summed E-state index contributed by atoms with van der Waals surface area (Å²) >= 11 is 6.10. The molecule has 1 fully saturated rings. The first-order chi connectivity index (χ1) is 11.5. The minimum Gasteiger partial charge on any atom is -0.378 e. The third-order valence-corrected chi connectivity index (χ3v) is 3.95. The number of morpholine rings is 1. The molecule has 2 aromatic heterocycles. The summed E-state index contributed by atoms with van der Waals surface area (Å²) < 4.78 is 5.36. The number of nitrogens with zero attached hydrogens (tertiary/aromatic N) is 6. The molecule has 2 unspecified atom stereocenters. The second kappa shape index (κ2) is 6.98. The lowest BCUT2D eigenvalue weighted by atomic mass is 10.3. The highest BCUT2D eigenvalue weighted by Crippen LogP contribution is 2.30. The van der Waals surface area contributed by atoms with Crippen LogP contribution in [0.15, 0.2) is 6.33 Å². The van der Waals surface area contributed by atoms with Crippen LogP contribution in [-0.2, 0) is 4.74 Å². The predicted molar refractivity (Wildman–Crippen MR) is 89.0 cm³/mol. The summed E-state index contributed by atoms with van der Waals surface area (Å²) in [6, 6.07) is 0. The van der Waals surface area contributed by atoms with Gasteiger partial charge in [-0.2, -0.15) is 4.98 Å². The number of halogens is 1. The van der Waals surface area contributed by atoms with Crippen LogP contribution in [0.4, 0.5) is 11.6 Å². The first kappa shape index (κ1) is 17.0. The zero-order chi connectivity index (χ0) is 17.3. The second-order valence-corrected chi connectivity index (χ2v) is 5.82. The topological polar surface area (TPSA) is 108 Å². The molecule has 0 bridgehead atoms. The smallest absolute Gasteiger partial charge is 0.225 e. The maximum atomic E-state index is 9.98. The molecule has 0 amide bonds. The van der Waals surface area contributed by atoms with E-state index in [4.69, 9.17) is 16.3 Å². The van der Waals surface area contributed by atoms with Crippen molar-refractivity contribution in [2.24, 2.45) is 0 Å². The van der Waals surface area contributed by atoms with Crippen molar-refractivity contribution < 1.29 is 14.9 Å². The molecule has 0 saturated carbocycles. The summed E-state index contributed by atoms with van der Waals surface area (Å²) in [4.78, 5) is 20.4. The van der Waals surface area contributed by atoms with Gasteiger partial charge in [-0.1, -0.05) is 0 Å². The molecule has 0 spiro atoms. The highest BCUT2D eigenvalue weighted by atomic mass is 35.5. The number of hydrogen-bond acceptors (Lipinski definition) is 9. The van der Waals surface area contributed by atoms with Gasteiger partial charge in [0.1, 0.15) is 29.8 Å². The zero-order valence-electron chi connectivity index (χ0n) is 13.4. The fourth-order valence-corrected chi connectivity index (χ4v) is 2.91. The Morgan fingerprint density at radius 1 is 1.12 bits per heavy atom. The van der Waals surface area contributed by atoms with Gasteiger partial charge < -0.3 is 24.7 Å². The lowest BCUT2D eigenvalue weighted by molar-refractivity contribution is 0.104. The van der Waals surface area contributed by atoms with Crippen LogP contribution < -0.4 is 9.80 Å². The SMILES string of the molecule is CC(O)N(c1ncnc2c(N3CCOCC3)nc(Cl)nc12)C(C)O. The molecule has 1 aliphatic heterocycles. The lowest BCUT2D eigenvalue weighted by Gasteiger charge is -2.31. The van der Waals surface area contributed by atoms with E-state index in [9.17, 15) is 10.2 Å². The van der Waals surface area contributed by atoms with Crippen molar-refractivity contribution in [2.45, 2.75) is 26.3 Å². The van der Waals surface area contributed by atoms with Gasteiger partial charge in [0.05, 0.1) is 13.2 Å². The van der Waals surface area contributed by atoms with Crippen molar-refractivity contribution in [1.82, 2.24) is 19.9 Å². The first-order valence-corrected chi connectivity index (χ1v) is 8.02. The van der Waals surface area contributed by atoms with Crippen molar-refractivity contribution in [3.05, 3.63) is 11.6 Å². The average Bonchev–Trinajstić information content (AvgIpc) is 2.55. The normalized spacial score (nSPS) is 17.8. The van der Waals surface area contributed by atoms with Gasteiger partial charge in [-0.3, -0.25) is 0 Å². The fourth-order valence-electron chi connectivity index (χ4n) is 2.74. The number of ether oxygens (including phenoxy) is 1. The summed E-state index contributed by atoms with van der Waals surface area (Å²) in [6.07, 6.45) is -0.580. The quantitative estimate of drug-likeness (QED) is 0.595. The molecule has 3 rings (SSSR count). The van der Waals surface area contributed by atoms with E-state index in [1.54, 1.807) is 0 Å². The molecule has 130 valence electrons. The Kier molecular flexibility index (Phi) is 4.95. The highest BCUT2D eigenvalue weighted by molar-refractivity contribution is 6.29. The Balaban J connectivity index is 2.17. The average molecular weight is 355 g/mol. The monoisotopic (exact) mass is 354 g/mol. The number of rotatable bonds is 4. The molecule has 9 nitrogen and oxygen atoms in total. The molecule has 2 aromatic rings. The van der Waals surface area contributed by atoms with E-state index in [-0.39, 0.29) is 5.28 Å². The molecule has 2 atom stereocenters. The Bertz CT molecular complexity index is 715. The molecule has 2 N–H and O–H groups in total. The van der Waals surface area contributed by atoms with Crippen molar-refractivity contribution in [3.8, 4) is 0 Å². The van der Waals surface area contributed by atoms with E-state index in [2.05, 4.69) is 19.9 Å². The van der Waals surface area contributed by atoms with E-state index in [0.717, 1.165) is 0 Å². The van der Waals surface area contributed by atoms with Crippen LogP contribution in [0.5, 0.6) is 0 Å². The molecule has 0 aromatic carbocycles. The second-order valence-electron chi connectivity index (χ2n) is 5.48. The zero-order valence-corrected chi connectivity index (χ0v) is 14.2. The van der Waals surface area contributed by atoms with E-state index in [0.29, 0.717) is 49.0 Å². The minimum atomic E-state index is -0.969. The fraction of sp³-hybridized carbons (Fsp3) is 0.571. The van der Waals surface area contributed by atoms with Gasteiger partial charge >= 0.3 is 0 Å². The van der Waals surface area contributed by atoms with E-state index in [1.807, 2.05) is 4.90 Å². The number of aromatic nitrogens is 4. The first-order valence-electron chi connectivity index (χ1n) is 7.64. The molecule has 0 radical (unpaired) electrons. The summed E-state index contributed by atoms with van der Waals surface area (Å²) in [6.45, 7) is 5.58. The summed E-state index contributed by atoms with van der Waals surface area (Å²) in [5.41, 5.74) is 0.887. The predicted octanol–water partition coefficient (Wildman–Crippen LogP) is 0.393. The number of anilines is 2. The van der Waals surface area contributed by atoms with Crippen LogP contribution in [-0.4, -0.2) is 68.9 Å². The van der Waals surface area contributed by atoms with Crippen molar-refractivity contribution in [3.63, 3.8) is 0 Å².